The fraction of sp³-hybridized carbons (Fsp3) is 0.333. The average Bonchev–Trinajstić information content (AvgIpc) is 2.91. The molecule has 1 atom stereocenters. The molecule has 3 aromatic carbocycles. The van der Waals surface area contributed by atoms with Crippen LogP contribution in [0.4, 0.5) is 5.69 Å². The minimum atomic E-state index is -3.80. The number of nitrogens with zero attached hydrogens (tertiary/aromatic N) is 2. The molecule has 7 nitrogen and oxygen atoms in total. The van der Waals surface area contributed by atoms with Gasteiger partial charge >= 0.3 is 0 Å². The smallest absolute Gasteiger partial charge is 0.244 e. The second-order valence-corrected chi connectivity index (χ2v) is 11.9. The topological polar surface area (TPSA) is 86.8 Å². The molecular weight excluding hydrogens is 534 g/mol. The van der Waals surface area contributed by atoms with Crippen molar-refractivity contribution in [3.63, 3.8) is 0 Å². The lowest BCUT2D eigenvalue weighted by Crippen LogP contribution is -2.53. The number of carbonyl (C=O) groups excluding carboxylic acids is 2. The van der Waals surface area contributed by atoms with Gasteiger partial charge in [-0.2, -0.15) is 0 Å². The molecule has 9 heteroatoms. The molecule has 1 N–H and O–H groups in total. The second kappa shape index (κ2) is 14.1. The van der Waals surface area contributed by atoms with Crippen LogP contribution in [0.15, 0.2) is 78.9 Å². The molecular formula is C30H36ClN3O4S. The zero-order valence-electron chi connectivity index (χ0n) is 22.6. The van der Waals surface area contributed by atoms with Crippen molar-refractivity contribution in [1.82, 2.24) is 10.2 Å². The first-order valence-electron chi connectivity index (χ1n) is 13.0. The van der Waals surface area contributed by atoms with Crippen LogP contribution in [0.3, 0.4) is 0 Å². The number of hydrogen-bond acceptors (Lipinski definition) is 4. The minimum Gasteiger partial charge on any atom is -0.354 e. The number of nitrogens with one attached hydrogen (secondary N) is 1. The van der Waals surface area contributed by atoms with Crippen molar-refractivity contribution in [1.29, 1.82) is 0 Å². The summed E-state index contributed by atoms with van der Waals surface area (Å²) in [5, 5.41) is 3.53. The van der Waals surface area contributed by atoms with Crippen LogP contribution in [-0.4, -0.2) is 50.5 Å². The Hall–Kier alpha value is -3.36. The third-order valence-electron chi connectivity index (χ3n) is 6.43. The average molecular weight is 570 g/mol. The van der Waals surface area contributed by atoms with Gasteiger partial charge in [0.15, 0.2) is 0 Å². The van der Waals surface area contributed by atoms with Crippen molar-refractivity contribution >= 4 is 39.1 Å². The van der Waals surface area contributed by atoms with Gasteiger partial charge in [-0.3, -0.25) is 13.9 Å². The summed E-state index contributed by atoms with van der Waals surface area (Å²) in [5.74, 6) is -0.762. The van der Waals surface area contributed by atoms with E-state index in [4.69, 9.17) is 11.6 Å². The summed E-state index contributed by atoms with van der Waals surface area (Å²) in [4.78, 5) is 29.1. The fourth-order valence-electron chi connectivity index (χ4n) is 4.28. The Morgan fingerprint density at radius 1 is 0.923 bits per heavy atom. The number of amides is 2. The Bertz CT molecular complexity index is 1350. The molecule has 0 saturated heterocycles. The summed E-state index contributed by atoms with van der Waals surface area (Å²) in [6.07, 6.45) is 3.08. The van der Waals surface area contributed by atoms with E-state index in [0.717, 1.165) is 40.1 Å². The van der Waals surface area contributed by atoms with E-state index in [2.05, 4.69) is 5.32 Å². The molecule has 0 fully saturated rings. The highest BCUT2D eigenvalue weighted by Crippen LogP contribution is 2.23. The van der Waals surface area contributed by atoms with Crippen LogP contribution in [0.2, 0.25) is 5.02 Å². The Morgan fingerprint density at radius 2 is 1.56 bits per heavy atom. The van der Waals surface area contributed by atoms with Crippen molar-refractivity contribution in [2.24, 2.45) is 0 Å². The zero-order chi connectivity index (χ0) is 28.4. The number of rotatable bonds is 13. The van der Waals surface area contributed by atoms with E-state index in [-0.39, 0.29) is 18.9 Å². The number of sulfonamides is 1. The maximum atomic E-state index is 14.0. The highest BCUT2D eigenvalue weighted by atomic mass is 35.5. The van der Waals surface area contributed by atoms with Crippen LogP contribution in [-0.2, 0) is 32.6 Å². The lowest BCUT2D eigenvalue weighted by molar-refractivity contribution is -0.140. The highest BCUT2D eigenvalue weighted by molar-refractivity contribution is 7.92. The summed E-state index contributed by atoms with van der Waals surface area (Å²) in [5.41, 5.74) is 2.81. The molecule has 39 heavy (non-hydrogen) atoms. The molecule has 0 spiro atoms. The molecule has 3 aromatic rings. The van der Waals surface area contributed by atoms with E-state index >= 15 is 0 Å². The van der Waals surface area contributed by atoms with Crippen LogP contribution in [0.1, 0.15) is 36.5 Å². The molecule has 0 radical (unpaired) electrons. The maximum Gasteiger partial charge on any atom is 0.244 e. The lowest BCUT2D eigenvalue weighted by Gasteiger charge is -2.33. The van der Waals surface area contributed by atoms with Gasteiger partial charge in [0.1, 0.15) is 12.6 Å². The van der Waals surface area contributed by atoms with Gasteiger partial charge in [-0.05, 0) is 48.2 Å². The van der Waals surface area contributed by atoms with Crippen LogP contribution in [0.25, 0.3) is 0 Å². The second-order valence-electron chi connectivity index (χ2n) is 9.55. The number of hydrogen-bond donors (Lipinski definition) is 1. The molecule has 0 aliphatic heterocycles. The molecule has 0 unspecified atom stereocenters. The minimum absolute atomic E-state index is 0.111. The van der Waals surface area contributed by atoms with Gasteiger partial charge in [0.05, 0.1) is 11.9 Å². The third-order valence-corrected chi connectivity index (χ3v) is 7.81. The van der Waals surface area contributed by atoms with Crippen LogP contribution in [0, 0.1) is 6.92 Å². The summed E-state index contributed by atoms with van der Waals surface area (Å²) >= 11 is 6.09. The van der Waals surface area contributed by atoms with Gasteiger partial charge in [-0.25, -0.2) is 8.42 Å². The predicted octanol–water partition coefficient (Wildman–Crippen LogP) is 4.97. The first-order chi connectivity index (χ1) is 18.6. The molecule has 0 saturated carbocycles. The van der Waals surface area contributed by atoms with E-state index in [9.17, 15) is 18.0 Å². The Kier molecular flexibility index (Phi) is 10.9. The van der Waals surface area contributed by atoms with Gasteiger partial charge in [-0.15, -0.1) is 0 Å². The van der Waals surface area contributed by atoms with Gasteiger partial charge in [-0.1, -0.05) is 85.6 Å². The number of aryl methyl sites for hydroxylation is 1. The first kappa shape index (κ1) is 30.2. The van der Waals surface area contributed by atoms with Crippen LogP contribution >= 0.6 is 11.6 Å². The summed E-state index contributed by atoms with van der Waals surface area (Å²) in [7, 11) is -3.80. The standard InChI is InChI=1S/C30H36ClN3O4S/c1-4-5-19-32-30(36)28(20-24-12-7-6-8-13-24)33(21-25-15-17-26(31)18-16-25)29(35)22-34(39(3,37)38)27-14-10-9-11-23(27)2/h6-18,28H,4-5,19-22H2,1-3H3,(H,32,36)/t28-/m1/s1. The number of carbonyl (C=O) groups is 2. The normalized spacial score (nSPS) is 12.0. The Morgan fingerprint density at radius 3 is 2.18 bits per heavy atom. The van der Waals surface area contributed by atoms with Crippen molar-refractivity contribution < 1.29 is 18.0 Å². The molecule has 0 aliphatic rings. The fourth-order valence-corrected chi connectivity index (χ4v) is 5.32. The molecule has 208 valence electrons. The maximum absolute atomic E-state index is 14.0. The lowest BCUT2D eigenvalue weighted by atomic mass is 10.0. The number of halogens is 1. The first-order valence-corrected chi connectivity index (χ1v) is 15.2. The molecule has 2 amide bonds. The largest absolute Gasteiger partial charge is 0.354 e. The number of unbranched alkanes of at least 4 members (excludes halogenated alkanes) is 1. The summed E-state index contributed by atoms with van der Waals surface area (Å²) < 4.78 is 26.8. The number of anilines is 1. The van der Waals surface area contributed by atoms with Crippen LogP contribution < -0.4 is 9.62 Å². The predicted molar refractivity (Wildman–Crippen MR) is 157 cm³/mol. The molecule has 0 aromatic heterocycles. The van der Waals surface area contributed by atoms with Gasteiger partial charge < -0.3 is 10.2 Å². The van der Waals surface area contributed by atoms with Gasteiger partial charge in [0, 0.05) is 24.5 Å². The highest BCUT2D eigenvalue weighted by Gasteiger charge is 2.33. The summed E-state index contributed by atoms with van der Waals surface area (Å²) in [6.45, 7) is 3.99. The SMILES string of the molecule is CCCCNC(=O)[C@@H](Cc1ccccc1)N(Cc1ccc(Cl)cc1)C(=O)CN(c1ccccc1C)S(C)(=O)=O. The van der Waals surface area contributed by atoms with Crippen molar-refractivity contribution in [3.8, 4) is 0 Å². The quantitative estimate of drug-likeness (QED) is 0.294. The molecule has 0 bridgehead atoms. The van der Waals surface area contributed by atoms with E-state index < -0.39 is 28.5 Å². The van der Waals surface area contributed by atoms with E-state index in [1.54, 1.807) is 49.4 Å². The molecule has 3 rings (SSSR count). The van der Waals surface area contributed by atoms with Gasteiger partial charge in [0.2, 0.25) is 21.8 Å². The van der Waals surface area contributed by atoms with Crippen LogP contribution in [0.5, 0.6) is 0 Å². The zero-order valence-corrected chi connectivity index (χ0v) is 24.2. The van der Waals surface area contributed by atoms with E-state index in [1.165, 1.54) is 4.90 Å². The monoisotopic (exact) mass is 569 g/mol. The third kappa shape index (κ3) is 8.83. The summed E-state index contributed by atoms with van der Waals surface area (Å²) in [6, 6.07) is 22.7. The van der Waals surface area contributed by atoms with E-state index in [0.29, 0.717) is 17.3 Å². The molecule has 0 heterocycles. The Labute approximate surface area is 236 Å². The van der Waals surface area contributed by atoms with Crippen molar-refractivity contribution in [3.05, 3.63) is 101 Å². The van der Waals surface area contributed by atoms with E-state index in [1.807, 2.05) is 43.3 Å². The molecule has 0 aliphatic carbocycles. The number of benzene rings is 3. The van der Waals surface area contributed by atoms with Crippen molar-refractivity contribution in [2.45, 2.75) is 45.7 Å². The van der Waals surface area contributed by atoms with Crippen molar-refractivity contribution in [2.75, 3.05) is 23.7 Å². The Balaban J connectivity index is 2.03. The van der Waals surface area contributed by atoms with Gasteiger partial charge in [0.25, 0.3) is 0 Å². The number of para-hydroxylation sites is 1.